The Kier molecular flexibility index (Phi) is 6.47. The van der Waals surface area contributed by atoms with Gasteiger partial charge >= 0.3 is 6.36 Å². The summed E-state index contributed by atoms with van der Waals surface area (Å²) in [6, 6.07) is 4.15. The fourth-order valence-electron chi connectivity index (χ4n) is 2.60. The number of piperidine rings is 1. The van der Waals surface area contributed by atoms with Gasteiger partial charge in [0.25, 0.3) is 0 Å². The molecule has 24 heavy (non-hydrogen) atoms. The zero-order valence-electron chi connectivity index (χ0n) is 13.2. The second kappa shape index (κ2) is 8.17. The first-order valence-electron chi connectivity index (χ1n) is 7.84. The Balaban J connectivity index is 1.81. The molecule has 9 heteroatoms. The van der Waals surface area contributed by atoms with E-state index in [0.29, 0.717) is 13.0 Å². The molecule has 0 radical (unpaired) electrons. The lowest BCUT2D eigenvalue weighted by Gasteiger charge is -2.26. The van der Waals surface area contributed by atoms with Crippen LogP contribution in [0, 0.1) is 0 Å². The van der Waals surface area contributed by atoms with E-state index in [1.807, 2.05) is 0 Å². The molecule has 5 nitrogen and oxygen atoms in total. The Morgan fingerprint density at radius 3 is 2.29 bits per heavy atom. The normalized spacial score (nSPS) is 17.0. The Morgan fingerprint density at radius 1 is 1.08 bits per heavy atom. The number of halogens is 3. The number of likely N-dealkylation sites (tertiary alicyclic amines) is 1. The van der Waals surface area contributed by atoms with E-state index in [0.717, 1.165) is 43.9 Å². The van der Waals surface area contributed by atoms with Gasteiger partial charge in [0, 0.05) is 6.54 Å². The summed E-state index contributed by atoms with van der Waals surface area (Å²) in [4.78, 5) is 2.22. The molecule has 1 aliphatic rings. The van der Waals surface area contributed by atoms with E-state index in [2.05, 4.69) is 14.4 Å². The molecule has 1 aromatic rings. The third kappa shape index (κ3) is 6.29. The highest BCUT2D eigenvalue weighted by Gasteiger charge is 2.31. The molecule has 136 valence electrons. The van der Waals surface area contributed by atoms with Crippen molar-refractivity contribution in [3.8, 4) is 5.75 Å². The van der Waals surface area contributed by atoms with E-state index in [-0.39, 0.29) is 4.90 Å². The summed E-state index contributed by atoms with van der Waals surface area (Å²) < 4.78 is 66.6. The Labute approximate surface area is 139 Å². The molecule has 0 spiro atoms. The SMILES string of the molecule is O=S(=O)(NCCCN1CCCCC1)c1ccc(OC(F)(F)F)cc1. The fraction of sp³-hybridized carbons (Fsp3) is 0.600. The monoisotopic (exact) mass is 366 g/mol. The second-order valence-corrected chi connectivity index (χ2v) is 7.44. The van der Waals surface area contributed by atoms with Crippen LogP contribution in [0.2, 0.25) is 0 Å². The van der Waals surface area contributed by atoms with Gasteiger partial charge in [-0.15, -0.1) is 13.2 Å². The predicted octanol–water partition coefficient (Wildman–Crippen LogP) is 2.74. The first-order valence-corrected chi connectivity index (χ1v) is 9.32. The van der Waals surface area contributed by atoms with Gasteiger partial charge in [-0.05, 0) is 63.2 Å². The molecule has 0 unspecified atom stereocenters. The summed E-state index contributed by atoms with van der Waals surface area (Å²) in [7, 11) is -3.73. The van der Waals surface area contributed by atoms with E-state index < -0.39 is 22.1 Å². The van der Waals surface area contributed by atoms with Crippen LogP contribution in [0.15, 0.2) is 29.2 Å². The zero-order valence-corrected chi connectivity index (χ0v) is 14.0. The summed E-state index contributed by atoms with van der Waals surface area (Å²) in [6.45, 7) is 3.22. The first kappa shape index (κ1) is 19.0. The number of nitrogens with one attached hydrogen (secondary N) is 1. The van der Waals surface area contributed by atoms with Crippen LogP contribution in [0.25, 0.3) is 0 Å². The van der Waals surface area contributed by atoms with E-state index in [1.165, 1.54) is 19.3 Å². The van der Waals surface area contributed by atoms with Gasteiger partial charge < -0.3 is 9.64 Å². The first-order chi connectivity index (χ1) is 11.3. The van der Waals surface area contributed by atoms with Gasteiger partial charge in [-0.25, -0.2) is 13.1 Å². The number of hydrogen-bond acceptors (Lipinski definition) is 4. The molecule has 0 saturated carbocycles. The van der Waals surface area contributed by atoms with E-state index in [1.54, 1.807) is 0 Å². The van der Waals surface area contributed by atoms with Gasteiger partial charge in [0.05, 0.1) is 4.90 Å². The number of nitrogens with zero attached hydrogens (tertiary/aromatic N) is 1. The maximum Gasteiger partial charge on any atom is 0.573 e. The fourth-order valence-corrected chi connectivity index (χ4v) is 3.67. The van der Waals surface area contributed by atoms with Crippen LogP contribution in [0.5, 0.6) is 5.75 Å². The highest BCUT2D eigenvalue weighted by Crippen LogP contribution is 2.23. The highest BCUT2D eigenvalue weighted by molar-refractivity contribution is 7.89. The molecule has 0 atom stereocenters. The van der Waals surface area contributed by atoms with Crippen LogP contribution in [0.4, 0.5) is 13.2 Å². The lowest BCUT2D eigenvalue weighted by molar-refractivity contribution is -0.274. The topological polar surface area (TPSA) is 58.6 Å². The van der Waals surface area contributed by atoms with Crippen molar-refractivity contribution in [3.63, 3.8) is 0 Å². The van der Waals surface area contributed by atoms with Gasteiger partial charge in [-0.3, -0.25) is 0 Å². The van der Waals surface area contributed by atoms with Crippen LogP contribution in [0.3, 0.4) is 0 Å². The average molecular weight is 366 g/mol. The largest absolute Gasteiger partial charge is 0.573 e. The van der Waals surface area contributed by atoms with Crippen LogP contribution >= 0.6 is 0 Å². The lowest BCUT2D eigenvalue weighted by atomic mass is 10.1. The van der Waals surface area contributed by atoms with E-state index >= 15 is 0 Å². The minimum atomic E-state index is -4.80. The van der Waals surface area contributed by atoms with Crippen LogP contribution in [0.1, 0.15) is 25.7 Å². The summed E-state index contributed by atoms with van der Waals surface area (Å²) in [6.07, 6.45) is -0.505. The number of hydrogen-bond donors (Lipinski definition) is 1. The maximum atomic E-state index is 12.1. The van der Waals surface area contributed by atoms with Gasteiger partial charge in [0.1, 0.15) is 5.75 Å². The molecule has 2 rings (SSSR count). The zero-order chi connectivity index (χ0) is 17.6. The number of sulfonamides is 1. The third-order valence-corrected chi connectivity index (χ3v) is 5.24. The summed E-state index contributed by atoms with van der Waals surface area (Å²) in [5, 5.41) is 0. The maximum absolute atomic E-state index is 12.1. The number of alkyl halides is 3. The average Bonchev–Trinajstić information content (AvgIpc) is 2.52. The van der Waals surface area contributed by atoms with Crippen molar-refractivity contribution in [3.05, 3.63) is 24.3 Å². The standard InChI is InChI=1S/C15H21F3N2O3S/c16-15(17,18)23-13-5-7-14(8-6-13)24(21,22)19-9-4-12-20-10-2-1-3-11-20/h5-8,19H,1-4,9-12H2. The number of rotatable bonds is 7. The molecular formula is C15H21F3N2O3S. The molecule has 0 aliphatic carbocycles. The van der Waals surface area contributed by atoms with Crippen molar-refractivity contribution in [2.45, 2.75) is 36.9 Å². The van der Waals surface area contributed by atoms with Crippen molar-refractivity contribution in [1.29, 1.82) is 0 Å². The summed E-state index contributed by atoms with van der Waals surface area (Å²) in [5.41, 5.74) is 0. The third-order valence-electron chi connectivity index (χ3n) is 3.76. The molecule has 1 heterocycles. The minimum absolute atomic E-state index is 0.0880. The summed E-state index contributed by atoms with van der Waals surface area (Å²) in [5.74, 6) is -0.452. The smallest absolute Gasteiger partial charge is 0.406 e. The van der Waals surface area contributed by atoms with Gasteiger partial charge in [-0.1, -0.05) is 6.42 Å². The van der Waals surface area contributed by atoms with Crippen molar-refractivity contribution < 1.29 is 26.3 Å². The van der Waals surface area contributed by atoms with Gasteiger partial charge in [-0.2, -0.15) is 0 Å². The van der Waals surface area contributed by atoms with Crippen LogP contribution in [-0.2, 0) is 10.0 Å². The lowest BCUT2D eigenvalue weighted by Crippen LogP contribution is -2.33. The second-order valence-electron chi connectivity index (χ2n) is 5.67. The summed E-state index contributed by atoms with van der Waals surface area (Å²) >= 11 is 0. The van der Waals surface area contributed by atoms with Crippen LogP contribution < -0.4 is 9.46 Å². The number of ether oxygens (including phenoxy) is 1. The highest BCUT2D eigenvalue weighted by atomic mass is 32.2. The minimum Gasteiger partial charge on any atom is -0.406 e. The Bertz CT molecular complexity index is 612. The molecule has 1 N–H and O–H groups in total. The van der Waals surface area contributed by atoms with Crippen molar-refractivity contribution >= 4 is 10.0 Å². The van der Waals surface area contributed by atoms with Gasteiger partial charge in [0.15, 0.2) is 0 Å². The number of benzene rings is 1. The molecule has 1 saturated heterocycles. The van der Waals surface area contributed by atoms with Gasteiger partial charge in [0.2, 0.25) is 10.0 Å². The molecule has 1 aromatic carbocycles. The molecular weight excluding hydrogens is 345 g/mol. The molecule has 0 amide bonds. The van der Waals surface area contributed by atoms with E-state index in [4.69, 9.17) is 0 Å². The molecule has 0 aromatic heterocycles. The predicted molar refractivity (Wildman–Crippen MR) is 83.2 cm³/mol. The van der Waals surface area contributed by atoms with E-state index in [9.17, 15) is 21.6 Å². The quantitative estimate of drug-likeness (QED) is 0.754. The Hall–Kier alpha value is -1.32. The van der Waals surface area contributed by atoms with Crippen molar-refractivity contribution in [2.75, 3.05) is 26.2 Å². The van der Waals surface area contributed by atoms with Crippen molar-refractivity contribution in [1.82, 2.24) is 9.62 Å². The molecule has 1 fully saturated rings. The van der Waals surface area contributed by atoms with Crippen molar-refractivity contribution in [2.24, 2.45) is 0 Å². The van der Waals surface area contributed by atoms with Crippen LogP contribution in [-0.4, -0.2) is 45.9 Å². The Morgan fingerprint density at radius 2 is 1.71 bits per heavy atom. The molecule has 1 aliphatic heterocycles. The molecule has 0 bridgehead atoms.